The van der Waals surface area contributed by atoms with Gasteiger partial charge in [0.05, 0.1) is 14.2 Å². The summed E-state index contributed by atoms with van der Waals surface area (Å²) in [6.07, 6.45) is 3.07. The Bertz CT molecular complexity index is 411. The second-order valence-electron chi connectivity index (χ2n) is 4.46. The zero-order valence-corrected chi connectivity index (χ0v) is 11.7. The van der Waals surface area contributed by atoms with Gasteiger partial charge in [0.15, 0.2) is 0 Å². The largest absolute Gasteiger partial charge is 0.497 e. The quantitative estimate of drug-likeness (QED) is 0.842. The van der Waals surface area contributed by atoms with E-state index < -0.39 is 0 Å². The molecule has 0 saturated heterocycles. The molecule has 0 fully saturated rings. The van der Waals surface area contributed by atoms with Crippen LogP contribution >= 0.6 is 0 Å². The Labute approximate surface area is 110 Å². The normalized spacial score (nSPS) is 11.8. The standard InChI is InChI=1S/C15H23NO2/c1-11(2)13(6-5-9-16)14-8-7-12(17-3)10-15(14)18-4/h6-8,10-11H,5,9,16H2,1-4H3/b13-6+. The lowest BCUT2D eigenvalue weighted by molar-refractivity contribution is 0.393. The van der Waals surface area contributed by atoms with Crippen molar-refractivity contribution in [3.63, 3.8) is 0 Å². The number of methoxy groups -OCH3 is 2. The molecule has 0 heterocycles. The third-order valence-electron chi connectivity index (χ3n) is 2.87. The van der Waals surface area contributed by atoms with Gasteiger partial charge in [0.1, 0.15) is 11.5 Å². The molecule has 3 heteroatoms. The Hall–Kier alpha value is -1.48. The summed E-state index contributed by atoms with van der Waals surface area (Å²) in [6.45, 7) is 5.01. The van der Waals surface area contributed by atoms with E-state index in [1.54, 1.807) is 14.2 Å². The van der Waals surface area contributed by atoms with E-state index in [0.29, 0.717) is 12.5 Å². The van der Waals surface area contributed by atoms with E-state index in [1.165, 1.54) is 5.57 Å². The van der Waals surface area contributed by atoms with E-state index in [2.05, 4.69) is 19.9 Å². The third-order valence-corrected chi connectivity index (χ3v) is 2.87. The van der Waals surface area contributed by atoms with E-state index in [-0.39, 0.29) is 0 Å². The Morgan fingerprint density at radius 3 is 2.50 bits per heavy atom. The number of rotatable bonds is 6. The summed E-state index contributed by atoms with van der Waals surface area (Å²) < 4.78 is 10.7. The lowest BCUT2D eigenvalue weighted by atomic mass is 9.93. The molecule has 1 rings (SSSR count). The molecule has 18 heavy (non-hydrogen) atoms. The van der Waals surface area contributed by atoms with Gasteiger partial charge in [0, 0.05) is 11.6 Å². The summed E-state index contributed by atoms with van der Waals surface area (Å²) in [5, 5.41) is 0. The van der Waals surface area contributed by atoms with Crippen LogP contribution in [0.1, 0.15) is 25.8 Å². The number of allylic oxidation sites excluding steroid dienone is 1. The van der Waals surface area contributed by atoms with Gasteiger partial charge < -0.3 is 15.2 Å². The summed E-state index contributed by atoms with van der Waals surface area (Å²) in [5.41, 5.74) is 7.95. The van der Waals surface area contributed by atoms with Crippen LogP contribution in [0.25, 0.3) is 5.57 Å². The van der Waals surface area contributed by atoms with E-state index in [9.17, 15) is 0 Å². The van der Waals surface area contributed by atoms with Crippen molar-refractivity contribution in [2.75, 3.05) is 20.8 Å². The maximum Gasteiger partial charge on any atom is 0.130 e. The predicted molar refractivity (Wildman–Crippen MR) is 76.0 cm³/mol. The van der Waals surface area contributed by atoms with Crippen molar-refractivity contribution >= 4 is 5.57 Å². The number of benzene rings is 1. The van der Waals surface area contributed by atoms with Crippen LogP contribution in [0.3, 0.4) is 0 Å². The third kappa shape index (κ3) is 3.50. The molecule has 0 amide bonds. The van der Waals surface area contributed by atoms with Crippen LogP contribution in [0.15, 0.2) is 24.3 Å². The molecular weight excluding hydrogens is 226 g/mol. The van der Waals surface area contributed by atoms with Gasteiger partial charge >= 0.3 is 0 Å². The van der Waals surface area contributed by atoms with Crippen molar-refractivity contribution in [1.29, 1.82) is 0 Å². The topological polar surface area (TPSA) is 44.5 Å². The number of hydrogen-bond acceptors (Lipinski definition) is 3. The molecule has 0 aromatic heterocycles. The number of ether oxygens (including phenoxy) is 2. The second-order valence-corrected chi connectivity index (χ2v) is 4.46. The highest BCUT2D eigenvalue weighted by atomic mass is 16.5. The van der Waals surface area contributed by atoms with Crippen molar-refractivity contribution in [2.45, 2.75) is 20.3 Å². The molecule has 3 nitrogen and oxygen atoms in total. The predicted octanol–water partition coefficient (Wildman–Crippen LogP) is 3.09. The fourth-order valence-corrected chi connectivity index (χ4v) is 1.93. The summed E-state index contributed by atoms with van der Waals surface area (Å²) in [7, 11) is 3.33. The molecule has 100 valence electrons. The highest BCUT2D eigenvalue weighted by molar-refractivity contribution is 5.72. The Morgan fingerprint density at radius 1 is 1.28 bits per heavy atom. The van der Waals surface area contributed by atoms with Crippen molar-refractivity contribution in [1.82, 2.24) is 0 Å². The molecule has 0 unspecified atom stereocenters. The SMILES string of the molecule is COc1ccc(/C(=C/CCN)C(C)C)c(OC)c1. The van der Waals surface area contributed by atoms with Gasteiger partial charge in [-0.05, 0) is 36.6 Å². The highest BCUT2D eigenvalue weighted by Gasteiger charge is 2.12. The van der Waals surface area contributed by atoms with Crippen LogP contribution in [0.2, 0.25) is 0 Å². The first-order chi connectivity index (χ1) is 8.63. The van der Waals surface area contributed by atoms with Crippen LogP contribution in [0, 0.1) is 5.92 Å². The molecule has 2 N–H and O–H groups in total. The van der Waals surface area contributed by atoms with Gasteiger partial charge in [-0.25, -0.2) is 0 Å². The van der Waals surface area contributed by atoms with Crippen LogP contribution < -0.4 is 15.2 Å². The molecule has 0 atom stereocenters. The van der Waals surface area contributed by atoms with Crippen molar-refractivity contribution < 1.29 is 9.47 Å². The number of hydrogen-bond donors (Lipinski definition) is 1. The summed E-state index contributed by atoms with van der Waals surface area (Å²) in [6, 6.07) is 5.91. The van der Waals surface area contributed by atoms with Crippen molar-refractivity contribution in [3.8, 4) is 11.5 Å². The van der Waals surface area contributed by atoms with E-state index in [1.807, 2.05) is 18.2 Å². The minimum Gasteiger partial charge on any atom is -0.497 e. The molecule has 1 aromatic rings. The lowest BCUT2D eigenvalue weighted by Gasteiger charge is -2.16. The maximum atomic E-state index is 5.58. The van der Waals surface area contributed by atoms with Crippen molar-refractivity contribution in [3.05, 3.63) is 29.8 Å². The fourth-order valence-electron chi connectivity index (χ4n) is 1.93. The Balaban J connectivity index is 3.19. The Kier molecular flexibility index (Phi) is 5.72. The van der Waals surface area contributed by atoms with Gasteiger partial charge in [0.2, 0.25) is 0 Å². The van der Waals surface area contributed by atoms with E-state index in [4.69, 9.17) is 15.2 Å². The van der Waals surface area contributed by atoms with Crippen LogP contribution in [0.4, 0.5) is 0 Å². The first-order valence-electron chi connectivity index (χ1n) is 6.26. The van der Waals surface area contributed by atoms with Crippen LogP contribution in [-0.4, -0.2) is 20.8 Å². The lowest BCUT2D eigenvalue weighted by Crippen LogP contribution is -2.01. The fraction of sp³-hybridized carbons (Fsp3) is 0.467. The molecule has 0 aliphatic heterocycles. The van der Waals surface area contributed by atoms with E-state index in [0.717, 1.165) is 23.5 Å². The molecular formula is C15H23NO2. The minimum absolute atomic E-state index is 0.429. The molecule has 0 spiro atoms. The van der Waals surface area contributed by atoms with Crippen molar-refractivity contribution in [2.24, 2.45) is 11.7 Å². The first kappa shape index (κ1) is 14.6. The molecule has 0 aliphatic rings. The first-order valence-corrected chi connectivity index (χ1v) is 6.26. The molecule has 0 radical (unpaired) electrons. The van der Waals surface area contributed by atoms with Gasteiger partial charge in [-0.2, -0.15) is 0 Å². The average Bonchev–Trinajstić information content (AvgIpc) is 2.38. The van der Waals surface area contributed by atoms with Gasteiger partial charge in [0.25, 0.3) is 0 Å². The monoisotopic (exact) mass is 249 g/mol. The van der Waals surface area contributed by atoms with E-state index >= 15 is 0 Å². The smallest absolute Gasteiger partial charge is 0.130 e. The average molecular weight is 249 g/mol. The van der Waals surface area contributed by atoms with Gasteiger partial charge in [-0.3, -0.25) is 0 Å². The molecule has 0 bridgehead atoms. The summed E-state index contributed by atoms with van der Waals surface area (Å²) in [4.78, 5) is 0. The summed E-state index contributed by atoms with van der Waals surface area (Å²) in [5.74, 6) is 2.07. The zero-order chi connectivity index (χ0) is 13.5. The van der Waals surface area contributed by atoms with Gasteiger partial charge in [-0.15, -0.1) is 0 Å². The minimum atomic E-state index is 0.429. The Morgan fingerprint density at radius 2 is 2.00 bits per heavy atom. The summed E-state index contributed by atoms with van der Waals surface area (Å²) >= 11 is 0. The van der Waals surface area contributed by atoms with Crippen LogP contribution in [-0.2, 0) is 0 Å². The van der Waals surface area contributed by atoms with Gasteiger partial charge in [-0.1, -0.05) is 19.9 Å². The molecule has 1 aromatic carbocycles. The zero-order valence-electron chi connectivity index (χ0n) is 11.7. The second kappa shape index (κ2) is 7.07. The highest BCUT2D eigenvalue weighted by Crippen LogP contribution is 2.34. The molecule has 0 saturated carbocycles. The maximum absolute atomic E-state index is 5.58. The number of nitrogens with two attached hydrogens (primary N) is 1. The van der Waals surface area contributed by atoms with Crippen LogP contribution in [0.5, 0.6) is 11.5 Å². The molecule has 0 aliphatic carbocycles.